The van der Waals surface area contributed by atoms with E-state index in [1.54, 1.807) is 0 Å². The van der Waals surface area contributed by atoms with Crippen LogP contribution in [0.3, 0.4) is 0 Å². The molecule has 1 aromatic heterocycles. The van der Waals surface area contributed by atoms with E-state index < -0.39 is 35.2 Å². The van der Waals surface area contributed by atoms with Crippen molar-refractivity contribution >= 4 is 17.3 Å². The summed E-state index contributed by atoms with van der Waals surface area (Å²) in [7, 11) is 0. The van der Waals surface area contributed by atoms with Gasteiger partial charge in [-0.15, -0.1) is 0 Å². The van der Waals surface area contributed by atoms with Gasteiger partial charge in [0.2, 0.25) is 5.88 Å². The number of aromatic nitrogens is 2. The number of ether oxygens (including phenoxy) is 1. The zero-order chi connectivity index (χ0) is 14.1. The second-order valence-electron chi connectivity index (χ2n) is 2.96. The number of halogens is 7. The van der Waals surface area contributed by atoms with E-state index in [-0.39, 0.29) is 0 Å². The lowest BCUT2D eigenvalue weighted by atomic mass is 10.3. The molecule has 0 radical (unpaired) electrons. The van der Waals surface area contributed by atoms with Crippen molar-refractivity contribution in [2.24, 2.45) is 0 Å². The van der Waals surface area contributed by atoms with Gasteiger partial charge in [0.1, 0.15) is 12.0 Å². The van der Waals surface area contributed by atoms with Gasteiger partial charge in [-0.25, -0.2) is 4.98 Å². The number of hydrogen-bond acceptors (Lipinski definition) is 4. The molecule has 1 heterocycles. The van der Waals surface area contributed by atoms with Crippen LogP contribution in [0.1, 0.15) is 0 Å². The molecule has 0 fully saturated rings. The second-order valence-corrected chi connectivity index (χ2v) is 3.32. The fourth-order valence-corrected chi connectivity index (χ4v) is 1.01. The highest BCUT2D eigenvalue weighted by molar-refractivity contribution is 6.32. The Hall–Kier alpha value is -1.45. The first-order valence-electron chi connectivity index (χ1n) is 4.09. The Labute approximate surface area is 101 Å². The van der Waals surface area contributed by atoms with Gasteiger partial charge in [-0.3, -0.25) is 0 Å². The number of rotatable bonds is 2. The SMILES string of the molecule is Nc1c(Cl)ncnc1OC(C(F)(F)F)C(F)(F)F. The minimum atomic E-state index is -5.66. The van der Waals surface area contributed by atoms with E-state index >= 15 is 0 Å². The normalized spacial score (nSPS) is 12.9. The van der Waals surface area contributed by atoms with Gasteiger partial charge in [-0.1, -0.05) is 11.6 Å². The van der Waals surface area contributed by atoms with Crippen LogP contribution in [0.5, 0.6) is 5.88 Å². The van der Waals surface area contributed by atoms with Crippen molar-refractivity contribution in [1.29, 1.82) is 0 Å². The lowest BCUT2D eigenvalue weighted by Crippen LogP contribution is -2.46. The van der Waals surface area contributed by atoms with E-state index in [1.165, 1.54) is 0 Å². The largest absolute Gasteiger partial charge is 0.453 e. The third-order valence-corrected chi connectivity index (χ3v) is 1.92. The van der Waals surface area contributed by atoms with Crippen LogP contribution < -0.4 is 10.5 Å². The molecule has 0 aliphatic heterocycles. The maximum Gasteiger partial charge on any atom is 0.434 e. The topological polar surface area (TPSA) is 61.0 Å². The molecule has 0 aromatic carbocycles. The highest BCUT2D eigenvalue weighted by Gasteiger charge is 2.59. The molecule has 2 N–H and O–H groups in total. The summed E-state index contributed by atoms with van der Waals surface area (Å²) in [5.41, 5.74) is 4.39. The van der Waals surface area contributed by atoms with Crippen molar-refractivity contribution in [3.63, 3.8) is 0 Å². The third kappa shape index (κ3) is 3.28. The molecular weight excluding hydrogens is 292 g/mol. The van der Waals surface area contributed by atoms with Crippen LogP contribution >= 0.6 is 11.6 Å². The molecule has 1 aromatic rings. The van der Waals surface area contributed by atoms with Gasteiger partial charge in [0.25, 0.3) is 6.10 Å². The fraction of sp³-hybridized carbons (Fsp3) is 0.429. The smallest absolute Gasteiger partial charge is 0.434 e. The summed E-state index contributed by atoms with van der Waals surface area (Å²) >= 11 is 5.31. The minimum Gasteiger partial charge on any atom is -0.453 e. The quantitative estimate of drug-likeness (QED) is 0.673. The Bertz CT molecular complexity index is 420. The Balaban J connectivity index is 3.09. The summed E-state index contributed by atoms with van der Waals surface area (Å²) in [4.78, 5) is 6.32. The summed E-state index contributed by atoms with van der Waals surface area (Å²) in [6, 6.07) is 0. The molecular formula is C7H4ClF6N3O. The van der Waals surface area contributed by atoms with Gasteiger partial charge in [-0.05, 0) is 0 Å². The molecule has 0 unspecified atom stereocenters. The minimum absolute atomic E-state index is 0.511. The molecule has 0 saturated carbocycles. The van der Waals surface area contributed by atoms with Gasteiger partial charge in [0.15, 0.2) is 5.15 Å². The number of anilines is 1. The van der Waals surface area contributed by atoms with Crippen molar-refractivity contribution in [3.8, 4) is 5.88 Å². The van der Waals surface area contributed by atoms with Crippen molar-refractivity contribution in [1.82, 2.24) is 9.97 Å². The molecule has 1 rings (SSSR count). The molecule has 11 heteroatoms. The zero-order valence-corrected chi connectivity index (χ0v) is 8.94. The molecule has 102 valence electrons. The molecule has 4 nitrogen and oxygen atoms in total. The highest BCUT2D eigenvalue weighted by atomic mass is 35.5. The Morgan fingerprint density at radius 1 is 1.11 bits per heavy atom. The summed E-state index contributed by atoms with van der Waals surface area (Å²) in [6.45, 7) is 0. The van der Waals surface area contributed by atoms with Gasteiger partial charge in [0.05, 0.1) is 0 Å². The van der Waals surface area contributed by atoms with Gasteiger partial charge < -0.3 is 10.5 Å². The molecule has 0 amide bonds. The highest BCUT2D eigenvalue weighted by Crippen LogP contribution is 2.37. The average Bonchev–Trinajstić information content (AvgIpc) is 2.16. The molecule has 0 atom stereocenters. The predicted molar refractivity (Wildman–Crippen MR) is 48.0 cm³/mol. The molecule has 18 heavy (non-hydrogen) atoms. The second kappa shape index (κ2) is 4.67. The molecule has 0 saturated heterocycles. The summed E-state index contributed by atoms with van der Waals surface area (Å²) in [5.74, 6) is -1.09. The van der Waals surface area contributed by atoms with Crippen molar-refractivity contribution < 1.29 is 31.1 Å². The standard InChI is InChI=1S/C7H4ClF6N3O/c8-3-2(15)4(17-1-16-3)18-5(6(9,10)11)7(12,13)14/h1,5H,15H2. The first-order valence-corrected chi connectivity index (χ1v) is 4.47. The van der Waals surface area contributed by atoms with E-state index in [0.29, 0.717) is 6.33 Å². The first kappa shape index (κ1) is 14.6. The summed E-state index contributed by atoms with van der Waals surface area (Å²) < 4.78 is 76.8. The number of hydrogen-bond donors (Lipinski definition) is 1. The van der Waals surface area contributed by atoms with E-state index in [2.05, 4.69) is 14.7 Å². The van der Waals surface area contributed by atoms with Gasteiger partial charge in [0, 0.05) is 0 Å². The fourth-order valence-electron chi connectivity index (χ4n) is 0.884. The number of nitrogens with zero attached hydrogens (tertiary/aromatic N) is 2. The van der Waals surface area contributed by atoms with E-state index in [0.717, 1.165) is 0 Å². The Kier molecular flexibility index (Phi) is 3.79. The zero-order valence-electron chi connectivity index (χ0n) is 8.18. The lowest BCUT2D eigenvalue weighted by molar-refractivity contribution is -0.300. The number of nitrogen functional groups attached to an aromatic ring is 1. The number of alkyl halides is 6. The van der Waals surface area contributed by atoms with Crippen LogP contribution in [-0.2, 0) is 0 Å². The van der Waals surface area contributed by atoms with E-state index in [4.69, 9.17) is 17.3 Å². The van der Waals surface area contributed by atoms with Crippen LogP contribution in [0.15, 0.2) is 6.33 Å². The van der Waals surface area contributed by atoms with Crippen LogP contribution in [-0.4, -0.2) is 28.4 Å². The van der Waals surface area contributed by atoms with Crippen LogP contribution in [0, 0.1) is 0 Å². The van der Waals surface area contributed by atoms with Gasteiger partial charge >= 0.3 is 12.4 Å². The van der Waals surface area contributed by atoms with Crippen LogP contribution in [0.25, 0.3) is 0 Å². The molecule has 0 spiro atoms. The molecule has 0 bridgehead atoms. The van der Waals surface area contributed by atoms with E-state index in [9.17, 15) is 26.3 Å². The lowest BCUT2D eigenvalue weighted by Gasteiger charge is -2.23. The third-order valence-electron chi connectivity index (χ3n) is 1.62. The Morgan fingerprint density at radius 2 is 1.61 bits per heavy atom. The monoisotopic (exact) mass is 295 g/mol. The maximum atomic E-state index is 12.2. The summed E-state index contributed by atoms with van der Waals surface area (Å²) in [5, 5.41) is -0.511. The number of nitrogens with two attached hydrogens (primary N) is 1. The Morgan fingerprint density at radius 3 is 2.06 bits per heavy atom. The molecule has 0 aliphatic carbocycles. The summed E-state index contributed by atoms with van der Waals surface area (Å²) in [6.07, 6.45) is -14.7. The van der Waals surface area contributed by atoms with Gasteiger partial charge in [-0.2, -0.15) is 31.3 Å². The first-order chi connectivity index (χ1) is 8.03. The maximum absolute atomic E-state index is 12.2. The average molecular weight is 296 g/mol. The van der Waals surface area contributed by atoms with Crippen molar-refractivity contribution in [3.05, 3.63) is 11.5 Å². The predicted octanol–water partition coefficient (Wildman–Crippen LogP) is 2.58. The molecule has 0 aliphatic rings. The van der Waals surface area contributed by atoms with Crippen molar-refractivity contribution in [2.45, 2.75) is 18.5 Å². The van der Waals surface area contributed by atoms with Crippen molar-refractivity contribution in [2.75, 3.05) is 5.73 Å². The van der Waals surface area contributed by atoms with Crippen LogP contribution in [0.4, 0.5) is 32.0 Å². The van der Waals surface area contributed by atoms with E-state index in [1.807, 2.05) is 0 Å². The van der Waals surface area contributed by atoms with Crippen LogP contribution in [0.2, 0.25) is 5.15 Å².